The van der Waals surface area contributed by atoms with Crippen molar-refractivity contribution in [2.75, 3.05) is 26.3 Å². The first-order valence-corrected chi connectivity index (χ1v) is 5.05. The molecule has 0 aromatic heterocycles. The summed E-state index contributed by atoms with van der Waals surface area (Å²) in [6.07, 6.45) is -0.378. The molecule has 0 aliphatic heterocycles. The van der Waals surface area contributed by atoms with Crippen LogP contribution in [0.4, 0.5) is 0 Å². The Bertz CT molecular complexity index is 146. The molecule has 4 heteroatoms. The Balaban J connectivity index is 3.72. The fraction of sp³-hybridized carbons (Fsp3) is 1.00. The average molecular weight is 205 g/mol. The zero-order valence-corrected chi connectivity index (χ0v) is 9.32. The van der Waals surface area contributed by atoms with E-state index in [0.717, 1.165) is 0 Å². The Labute approximate surface area is 86.0 Å². The minimum atomic E-state index is -0.503. The number of aliphatic hydroxyl groups excluding tert-OH is 3. The van der Waals surface area contributed by atoms with Crippen LogP contribution in [0, 0.1) is 11.3 Å². The predicted octanol–water partition coefficient (Wildman–Crippen LogP) is -0.416. The van der Waals surface area contributed by atoms with Crippen LogP contribution in [0.1, 0.15) is 20.8 Å². The molecule has 0 radical (unpaired) electrons. The molecule has 0 saturated heterocycles. The first kappa shape index (κ1) is 13.8. The number of rotatable bonds is 7. The molecule has 0 spiro atoms. The molecule has 4 N–H and O–H groups in total. The van der Waals surface area contributed by atoms with E-state index >= 15 is 0 Å². The molecule has 0 saturated carbocycles. The first-order valence-electron chi connectivity index (χ1n) is 5.05. The van der Waals surface area contributed by atoms with Crippen LogP contribution in [-0.4, -0.2) is 47.7 Å². The highest BCUT2D eigenvalue weighted by atomic mass is 16.3. The molecule has 4 nitrogen and oxygen atoms in total. The maximum absolute atomic E-state index is 9.48. The van der Waals surface area contributed by atoms with Gasteiger partial charge in [0, 0.05) is 18.5 Å². The second-order valence-electron chi connectivity index (χ2n) is 4.57. The normalized spacial score (nSPS) is 14.8. The molecule has 0 amide bonds. The molecule has 86 valence electrons. The summed E-state index contributed by atoms with van der Waals surface area (Å²) >= 11 is 0. The maximum Gasteiger partial charge on any atom is 0.0687 e. The fourth-order valence-electron chi connectivity index (χ4n) is 0.919. The summed E-state index contributed by atoms with van der Waals surface area (Å²) in [7, 11) is 0. The Morgan fingerprint density at radius 2 is 1.71 bits per heavy atom. The van der Waals surface area contributed by atoms with E-state index in [-0.39, 0.29) is 25.2 Å². The summed E-state index contributed by atoms with van der Waals surface area (Å²) in [5.41, 5.74) is -0.503. The molecule has 0 aromatic rings. The lowest BCUT2D eigenvalue weighted by Crippen LogP contribution is -2.41. The third kappa shape index (κ3) is 4.91. The second kappa shape index (κ2) is 6.35. The number of aliphatic hydroxyl groups is 3. The van der Waals surface area contributed by atoms with E-state index in [1.807, 2.05) is 13.8 Å². The van der Waals surface area contributed by atoms with Crippen molar-refractivity contribution < 1.29 is 15.3 Å². The smallest absolute Gasteiger partial charge is 0.0687 e. The van der Waals surface area contributed by atoms with Gasteiger partial charge in [0.25, 0.3) is 0 Å². The van der Waals surface area contributed by atoms with Gasteiger partial charge in [0.1, 0.15) is 0 Å². The van der Waals surface area contributed by atoms with E-state index in [2.05, 4.69) is 5.32 Å². The summed E-state index contributed by atoms with van der Waals surface area (Å²) in [6, 6.07) is 0. The van der Waals surface area contributed by atoms with Crippen LogP contribution < -0.4 is 5.32 Å². The van der Waals surface area contributed by atoms with E-state index in [1.165, 1.54) is 0 Å². The van der Waals surface area contributed by atoms with Gasteiger partial charge in [-0.1, -0.05) is 20.8 Å². The fourth-order valence-corrected chi connectivity index (χ4v) is 0.919. The van der Waals surface area contributed by atoms with Crippen LogP contribution in [0.15, 0.2) is 0 Å². The molecule has 1 atom stereocenters. The van der Waals surface area contributed by atoms with E-state index in [9.17, 15) is 5.11 Å². The number of hydrogen-bond acceptors (Lipinski definition) is 4. The quantitative estimate of drug-likeness (QED) is 0.456. The van der Waals surface area contributed by atoms with Gasteiger partial charge in [-0.05, 0) is 5.92 Å². The molecule has 1 unspecified atom stereocenters. The minimum Gasteiger partial charge on any atom is -0.396 e. The van der Waals surface area contributed by atoms with Crippen molar-refractivity contribution in [3.05, 3.63) is 0 Å². The summed E-state index contributed by atoms with van der Waals surface area (Å²) < 4.78 is 0. The van der Waals surface area contributed by atoms with E-state index < -0.39 is 5.41 Å². The van der Waals surface area contributed by atoms with Crippen molar-refractivity contribution in [2.45, 2.75) is 26.9 Å². The maximum atomic E-state index is 9.48. The second-order valence-corrected chi connectivity index (χ2v) is 4.57. The van der Waals surface area contributed by atoms with Gasteiger partial charge < -0.3 is 20.6 Å². The molecule has 0 rings (SSSR count). The Morgan fingerprint density at radius 1 is 1.21 bits per heavy atom. The molecular formula is C10H23NO3. The van der Waals surface area contributed by atoms with Crippen molar-refractivity contribution in [3.63, 3.8) is 0 Å². The van der Waals surface area contributed by atoms with Crippen LogP contribution in [0.25, 0.3) is 0 Å². The highest BCUT2D eigenvalue weighted by Gasteiger charge is 2.22. The van der Waals surface area contributed by atoms with Gasteiger partial charge in [-0.15, -0.1) is 0 Å². The summed E-state index contributed by atoms with van der Waals surface area (Å²) in [6.45, 7) is 6.56. The Morgan fingerprint density at radius 3 is 2.07 bits per heavy atom. The van der Waals surface area contributed by atoms with Gasteiger partial charge in [0.05, 0.1) is 19.3 Å². The third-order valence-corrected chi connectivity index (χ3v) is 2.44. The Hall–Kier alpha value is -0.160. The molecular weight excluding hydrogens is 182 g/mol. The topological polar surface area (TPSA) is 72.7 Å². The zero-order chi connectivity index (χ0) is 11.2. The lowest BCUT2D eigenvalue weighted by atomic mass is 9.93. The lowest BCUT2D eigenvalue weighted by Gasteiger charge is -2.26. The molecule has 0 heterocycles. The Kier molecular flexibility index (Phi) is 6.27. The first-order chi connectivity index (χ1) is 6.45. The van der Waals surface area contributed by atoms with Crippen LogP contribution in [0.3, 0.4) is 0 Å². The van der Waals surface area contributed by atoms with Crippen molar-refractivity contribution in [2.24, 2.45) is 11.3 Å². The van der Waals surface area contributed by atoms with Crippen molar-refractivity contribution in [3.8, 4) is 0 Å². The van der Waals surface area contributed by atoms with Gasteiger partial charge in [-0.3, -0.25) is 0 Å². The van der Waals surface area contributed by atoms with Gasteiger partial charge in [-0.2, -0.15) is 0 Å². The van der Waals surface area contributed by atoms with Crippen LogP contribution in [-0.2, 0) is 0 Å². The molecule has 0 aromatic carbocycles. The lowest BCUT2D eigenvalue weighted by molar-refractivity contribution is 0.0619. The standard InChI is InChI=1S/C10H23NO3/c1-8(2)9(14)4-11-5-10(3,6-12)7-13/h8-9,11-14H,4-7H2,1-3H3. The predicted molar refractivity (Wildman–Crippen MR) is 56.0 cm³/mol. The van der Waals surface area contributed by atoms with Gasteiger partial charge >= 0.3 is 0 Å². The largest absolute Gasteiger partial charge is 0.396 e. The van der Waals surface area contributed by atoms with Gasteiger partial charge in [0.2, 0.25) is 0 Å². The third-order valence-electron chi connectivity index (χ3n) is 2.44. The minimum absolute atomic E-state index is 0.0612. The summed E-state index contributed by atoms with van der Waals surface area (Å²) in [5, 5.41) is 30.5. The van der Waals surface area contributed by atoms with E-state index in [4.69, 9.17) is 10.2 Å². The number of hydrogen-bond donors (Lipinski definition) is 4. The highest BCUT2D eigenvalue weighted by Crippen LogP contribution is 2.12. The molecule has 0 bridgehead atoms. The van der Waals surface area contributed by atoms with Crippen molar-refractivity contribution >= 4 is 0 Å². The van der Waals surface area contributed by atoms with Crippen molar-refractivity contribution in [1.82, 2.24) is 5.32 Å². The van der Waals surface area contributed by atoms with Gasteiger partial charge in [0.15, 0.2) is 0 Å². The van der Waals surface area contributed by atoms with Crippen LogP contribution >= 0.6 is 0 Å². The van der Waals surface area contributed by atoms with E-state index in [1.54, 1.807) is 6.92 Å². The van der Waals surface area contributed by atoms with Gasteiger partial charge in [-0.25, -0.2) is 0 Å². The average Bonchev–Trinajstić information content (AvgIpc) is 2.17. The molecule has 0 aliphatic rings. The van der Waals surface area contributed by atoms with Crippen LogP contribution in [0.5, 0.6) is 0 Å². The molecule has 0 aliphatic carbocycles. The van der Waals surface area contributed by atoms with Crippen LogP contribution in [0.2, 0.25) is 0 Å². The van der Waals surface area contributed by atoms with Crippen molar-refractivity contribution in [1.29, 1.82) is 0 Å². The summed E-state index contributed by atoms with van der Waals surface area (Å²) in [4.78, 5) is 0. The SMILES string of the molecule is CC(C)C(O)CNCC(C)(CO)CO. The highest BCUT2D eigenvalue weighted by molar-refractivity contribution is 4.76. The number of nitrogens with one attached hydrogen (secondary N) is 1. The monoisotopic (exact) mass is 205 g/mol. The molecule has 0 fully saturated rings. The zero-order valence-electron chi connectivity index (χ0n) is 9.32. The summed E-state index contributed by atoms with van der Waals surface area (Å²) in [5.74, 6) is 0.219. The van der Waals surface area contributed by atoms with E-state index in [0.29, 0.717) is 13.1 Å². The molecule has 14 heavy (non-hydrogen) atoms.